The van der Waals surface area contributed by atoms with Crippen LogP contribution >= 0.6 is 0 Å². The fourth-order valence-corrected chi connectivity index (χ4v) is 2.63. The molecule has 0 fully saturated rings. The third-order valence-corrected chi connectivity index (χ3v) is 3.26. The van der Waals surface area contributed by atoms with E-state index in [1.165, 1.54) is 0 Å². The molecule has 0 aromatic heterocycles. The van der Waals surface area contributed by atoms with E-state index in [1.54, 1.807) is 6.07 Å². The highest BCUT2D eigenvalue weighted by Gasteiger charge is 2.31. The molecule has 0 saturated carbocycles. The number of hydrogen-bond acceptors (Lipinski definition) is 3. The van der Waals surface area contributed by atoms with E-state index in [4.69, 9.17) is 5.11 Å². The first-order chi connectivity index (χ1) is 7.65. The van der Waals surface area contributed by atoms with Gasteiger partial charge in [-0.1, -0.05) is 6.07 Å². The van der Waals surface area contributed by atoms with E-state index in [9.17, 15) is 5.11 Å². The molecule has 88 valence electrons. The van der Waals surface area contributed by atoms with Crippen LogP contribution in [0.15, 0.2) is 18.2 Å². The molecule has 0 radical (unpaired) electrons. The summed E-state index contributed by atoms with van der Waals surface area (Å²) in [6, 6.07) is 6.36. The van der Waals surface area contributed by atoms with Crippen molar-refractivity contribution < 1.29 is 10.2 Å². The number of phenols is 1. The number of rotatable bonds is 3. The van der Waals surface area contributed by atoms with Gasteiger partial charge in [-0.25, -0.2) is 0 Å². The van der Waals surface area contributed by atoms with Gasteiger partial charge in [-0.15, -0.1) is 0 Å². The molecule has 1 heterocycles. The summed E-state index contributed by atoms with van der Waals surface area (Å²) in [6.45, 7) is 4.48. The van der Waals surface area contributed by atoms with Crippen molar-refractivity contribution in [2.75, 3.05) is 11.5 Å². The highest BCUT2D eigenvalue weighted by molar-refractivity contribution is 5.64. The van der Waals surface area contributed by atoms with Gasteiger partial charge in [0.2, 0.25) is 0 Å². The first kappa shape index (κ1) is 11.3. The lowest BCUT2D eigenvalue weighted by Gasteiger charge is -2.31. The average Bonchev–Trinajstić information content (AvgIpc) is 2.58. The van der Waals surface area contributed by atoms with Crippen LogP contribution in [0, 0.1) is 0 Å². The number of aliphatic hydroxyl groups excluding tert-OH is 1. The van der Waals surface area contributed by atoms with Crippen LogP contribution in [0.25, 0.3) is 0 Å². The van der Waals surface area contributed by atoms with Crippen LogP contribution in [0.4, 0.5) is 5.69 Å². The molecule has 0 aliphatic carbocycles. The van der Waals surface area contributed by atoms with Crippen molar-refractivity contribution in [3.05, 3.63) is 23.8 Å². The van der Waals surface area contributed by atoms with Gasteiger partial charge in [0.15, 0.2) is 0 Å². The van der Waals surface area contributed by atoms with E-state index >= 15 is 0 Å². The van der Waals surface area contributed by atoms with Crippen molar-refractivity contribution in [2.24, 2.45) is 0 Å². The van der Waals surface area contributed by atoms with E-state index in [2.05, 4.69) is 18.7 Å². The van der Waals surface area contributed by atoms with Crippen LogP contribution in [0.2, 0.25) is 0 Å². The number of benzene rings is 1. The molecular weight excluding hydrogens is 202 g/mol. The molecule has 0 amide bonds. The number of hydrogen-bond donors (Lipinski definition) is 2. The zero-order chi connectivity index (χ0) is 11.7. The van der Waals surface area contributed by atoms with Crippen molar-refractivity contribution in [1.29, 1.82) is 0 Å². The number of phenolic OH excluding ortho intramolecular Hbond substituents is 1. The Kier molecular flexibility index (Phi) is 3.06. The molecule has 0 saturated heterocycles. The van der Waals surface area contributed by atoms with E-state index in [1.807, 2.05) is 12.1 Å². The highest BCUT2D eigenvalue weighted by atomic mass is 16.3. The molecule has 16 heavy (non-hydrogen) atoms. The number of aliphatic hydroxyl groups is 1. The SMILES string of the molecule is CC(C)N1c2cccc(O)c2CC1CCO. The maximum atomic E-state index is 9.83. The Balaban J connectivity index is 2.37. The maximum absolute atomic E-state index is 9.83. The van der Waals surface area contributed by atoms with Gasteiger partial charge in [-0.2, -0.15) is 0 Å². The van der Waals surface area contributed by atoms with Gasteiger partial charge in [0, 0.05) is 29.9 Å². The van der Waals surface area contributed by atoms with Crippen molar-refractivity contribution >= 4 is 5.69 Å². The molecule has 1 aromatic rings. The second-order valence-electron chi connectivity index (χ2n) is 4.65. The maximum Gasteiger partial charge on any atom is 0.120 e. The van der Waals surface area contributed by atoms with Gasteiger partial charge < -0.3 is 15.1 Å². The summed E-state index contributed by atoms with van der Waals surface area (Å²) in [7, 11) is 0. The third-order valence-electron chi connectivity index (χ3n) is 3.26. The first-order valence-electron chi connectivity index (χ1n) is 5.85. The Hall–Kier alpha value is -1.22. The molecule has 1 aliphatic rings. The fraction of sp³-hybridized carbons (Fsp3) is 0.538. The largest absolute Gasteiger partial charge is 0.508 e. The van der Waals surface area contributed by atoms with Crippen molar-refractivity contribution in [3.63, 3.8) is 0 Å². The number of anilines is 1. The zero-order valence-corrected chi connectivity index (χ0v) is 9.85. The lowest BCUT2D eigenvalue weighted by atomic mass is 10.1. The van der Waals surface area contributed by atoms with Crippen molar-refractivity contribution in [3.8, 4) is 5.75 Å². The molecule has 1 unspecified atom stereocenters. The molecule has 0 bridgehead atoms. The minimum atomic E-state index is 0.197. The number of aromatic hydroxyl groups is 1. The van der Waals surface area contributed by atoms with Crippen LogP contribution in [0.1, 0.15) is 25.8 Å². The van der Waals surface area contributed by atoms with Gasteiger partial charge in [-0.05, 0) is 38.8 Å². The van der Waals surface area contributed by atoms with Gasteiger partial charge in [0.05, 0.1) is 0 Å². The van der Waals surface area contributed by atoms with Gasteiger partial charge in [-0.3, -0.25) is 0 Å². The lowest BCUT2D eigenvalue weighted by molar-refractivity contribution is 0.272. The quantitative estimate of drug-likeness (QED) is 0.819. The van der Waals surface area contributed by atoms with Crippen LogP contribution in [0.3, 0.4) is 0 Å². The normalized spacial score (nSPS) is 19.2. The Bertz CT molecular complexity index is 376. The summed E-state index contributed by atoms with van der Waals surface area (Å²) >= 11 is 0. The summed E-state index contributed by atoms with van der Waals surface area (Å²) in [5.41, 5.74) is 2.14. The molecule has 3 nitrogen and oxygen atoms in total. The Labute approximate surface area is 96.3 Å². The zero-order valence-electron chi connectivity index (χ0n) is 9.85. The minimum Gasteiger partial charge on any atom is -0.508 e. The molecular formula is C13H19NO2. The molecule has 1 atom stereocenters. The average molecular weight is 221 g/mol. The fourth-order valence-electron chi connectivity index (χ4n) is 2.63. The summed E-state index contributed by atoms with van der Waals surface area (Å²) in [5.74, 6) is 0.378. The molecule has 2 rings (SSSR count). The Morgan fingerprint density at radius 1 is 1.44 bits per heavy atom. The predicted molar refractivity (Wildman–Crippen MR) is 64.9 cm³/mol. The molecule has 2 N–H and O–H groups in total. The van der Waals surface area contributed by atoms with Crippen LogP contribution in [-0.4, -0.2) is 28.9 Å². The van der Waals surface area contributed by atoms with Crippen LogP contribution in [0.5, 0.6) is 5.75 Å². The highest BCUT2D eigenvalue weighted by Crippen LogP contribution is 2.39. The van der Waals surface area contributed by atoms with Crippen LogP contribution < -0.4 is 4.90 Å². The Morgan fingerprint density at radius 2 is 2.19 bits per heavy atom. The third kappa shape index (κ3) is 1.76. The van der Waals surface area contributed by atoms with E-state index in [0.29, 0.717) is 17.8 Å². The van der Waals surface area contributed by atoms with E-state index in [-0.39, 0.29) is 6.61 Å². The second-order valence-corrected chi connectivity index (χ2v) is 4.65. The number of nitrogens with zero attached hydrogens (tertiary/aromatic N) is 1. The summed E-state index contributed by atoms with van der Waals surface area (Å²) in [6.07, 6.45) is 1.59. The first-order valence-corrected chi connectivity index (χ1v) is 5.85. The number of fused-ring (bicyclic) bond motifs is 1. The van der Waals surface area contributed by atoms with Crippen molar-refractivity contribution in [2.45, 2.75) is 38.8 Å². The van der Waals surface area contributed by atoms with Gasteiger partial charge in [0.1, 0.15) is 5.75 Å². The molecule has 0 spiro atoms. The summed E-state index contributed by atoms with van der Waals surface area (Å²) in [5, 5.41) is 18.9. The summed E-state index contributed by atoms with van der Waals surface area (Å²) < 4.78 is 0. The predicted octanol–water partition coefficient (Wildman–Crippen LogP) is 1.91. The van der Waals surface area contributed by atoms with E-state index < -0.39 is 0 Å². The molecule has 1 aliphatic heterocycles. The lowest BCUT2D eigenvalue weighted by Crippen LogP contribution is -2.38. The summed E-state index contributed by atoms with van der Waals surface area (Å²) in [4.78, 5) is 2.30. The smallest absolute Gasteiger partial charge is 0.120 e. The topological polar surface area (TPSA) is 43.7 Å². The Morgan fingerprint density at radius 3 is 2.81 bits per heavy atom. The second kappa shape index (κ2) is 4.34. The molecule has 1 aromatic carbocycles. The van der Waals surface area contributed by atoms with Crippen molar-refractivity contribution in [1.82, 2.24) is 0 Å². The van der Waals surface area contributed by atoms with E-state index in [0.717, 1.165) is 24.1 Å². The van der Waals surface area contributed by atoms with Crippen LogP contribution in [-0.2, 0) is 6.42 Å². The molecule has 3 heteroatoms. The van der Waals surface area contributed by atoms with Gasteiger partial charge >= 0.3 is 0 Å². The van der Waals surface area contributed by atoms with Gasteiger partial charge in [0.25, 0.3) is 0 Å². The minimum absolute atomic E-state index is 0.197. The monoisotopic (exact) mass is 221 g/mol. The standard InChI is InChI=1S/C13H19NO2/c1-9(2)14-10(6-7-15)8-11-12(14)4-3-5-13(11)16/h3-5,9-10,15-16H,6-8H2,1-2H3.